The molecule has 1 aromatic heterocycles. The number of nitrogens with zero attached hydrogens (tertiary/aromatic N) is 3. The van der Waals surface area contributed by atoms with Crippen molar-refractivity contribution in [3.8, 4) is 6.07 Å². The van der Waals surface area contributed by atoms with Gasteiger partial charge in [0, 0.05) is 23.7 Å². The number of thiophene rings is 1. The SMILES string of the molecule is CCC(C)CN(CC(=O)N(Cc1ccccc1)Cc1cccs1)C(=O)Nc1cccc(C#N)c1. The van der Waals surface area contributed by atoms with E-state index in [9.17, 15) is 9.59 Å². The van der Waals surface area contributed by atoms with Crippen LogP contribution >= 0.6 is 11.3 Å². The summed E-state index contributed by atoms with van der Waals surface area (Å²) in [6.07, 6.45) is 0.894. The number of hydrogen-bond acceptors (Lipinski definition) is 4. The molecule has 0 fully saturated rings. The Morgan fingerprint density at radius 2 is 1.82 bits per heavy atom. The second kappa shape index (κ2) is 12.6. The number of urea groups is 1. The number of carbonyl (C=O) groups is 2. The number of amides is 3. The van der Waals surface area contributed by atoms with E-state index in [0.29, 0.717) is 30.9 Å². The lowest BCUT2D eigenvalue weighted by molar-refractivity contribution is -0.133. The fraction of sp³-hybridized carbons (Fsp3) is 0.296. The largest absolute Gasteiger partial charge is 0.332 e. The van der Waals surface area contributed by atoms with Gasteiger partial charge in [0.15, 0.2) is 0 Å². The van der Waals surface area contributed by atoms with Gasteiger partial charge in [0.05, 0.1) is 18.2 Å². The van der Waals surface area contributed by atoms with Gasteiger partial charge in [-0.05, 0) is 41.1 Å². The summed E-state index contributed by atoms with van der Waals surface area (Å²) < 4.78 is 0. The number of anilines is 1. The topological polar surface area (TPSA) is 76.4 Å². The summed E-state index contributed by atoms with van der Waals surface area (Å²) >= 11 is 1.61. The number of rotatable bonds is 10. The minimum absolute atomic E-state index is 0.0215. The molecule has 1 atom stereocenters. The van der Waals surface area contributed by atoms with Crippen LogP contribution in [0.5, 0.6) is 0 Å². The first-order valence-electron chi connectivity index (χ1n) is 11.4. The monoisotopic (exact) mass is 474 g/mol. The smallest absolute Gasteiger partial charge is 0.322 e. The Morgan fingerprint density at radius 1 is 1.03 bits per heavy atom. The first kappa shape index (κ1) is 25.0. The summed E-state index contributed by atoms with van der Waals surface area (Å²) in [4.78, 5) is 31.1. The third-order valence-electron chi connectivity index (χ3n) is 5.58. The van der Waals surface area contributed by atoms with E-state index in [1.807, 2.05) is 47.8 Å². The van der Waals surface area contributed by atoms with Crippen LogP contribution in [0.1, 0.15) is 36.3 Å². The van der Waals surface area contributed by atoms with Crippen molar-refractivity contribution >= 4 is 29.0 Å². The van der Waals surface area contributed by atoms with Crippen LogP contribution in [-0.2, 0) is 17.9 Å². The van der Waals surface area contributed by atoms with Gasteiger partial charge in [-0.15, -0.1) is 11.3 Å². The van der Waals surface area contributed by atoms with Crippen molar-refractivity contribution in [2.24, 2.45) is 5.92 Å². The summed E-state index contributed by atoms with van der Waals surface area (Å²) in [7, 11) is 0. The number of carbonyl (C=O) groups excluding carboxylic acids is 2. The minimum atomic E-state index is -0.348. The standard InChI is InChI=1S/C27H30N4O2S/c1-3-21(2)17-31(27(33)29-24-12-7-11-23(15-24)16-28)20-26(32)30(19-25-13-8-14-34-25)18-22-9-5-4-6-10-22/h4-15,21H,3,17-20H2,1-2H3,(H,29,33). The first-order valence-corrected chi connectivity index (χ1v) is 12.3. The van der Waals surface area contributed by atoms with E-state index < -0.39 is 0 Å². The van der Waals surface area contributed by atoms with Crippen molar-refractivity contribution in [1.29, 1.82) is 5.26 Å². The fourth-order valence-corrected chi connectivity index (χ4v) is 4.20. The zero-order valence-electron chi connectivity index (χ0n) is 19.6. The Hall–Kier alpha value is -3.63. The zero-order valence-corrected chi connectivity index (χ0v) is 20.4. The summed E-state index contributed by atoms with van der Waals surface area (Å²) in [5.74, 6) is 0.130. The van der Waals surface area contributed by atoms with Crippen molar-refractivity contribution in [2.45, 2.75) is 33.4 Å². The highest BCUT2D eigenvalue weighted by Gasteiger charge is 2.23. The van der Waals surface area contributed by atoms with E-state index in [-0.39, 0.29) is 24.4 Å². The van der Waals surface area contributed by atoms with E-state index in [1.165, 1.54) is 0 Å². The number of nitriles is 1. The average molecular weight is 475 g/mol. The predicted octanol–water partition coefficient (Wildman–Crippen LogP) is 5.73. The molecule has 2 aromatic carbocycles. The maximum atomic E-state index is 13.5. The molecule has 3 rings (SSSR count). The van der Waals surface area contributed by atoms with Crippen LogP contribution in [0.15, 0.2) is 72.1 Å². The van der Waals surface area contributed by atoms with Crippen molar-refractivity contribution in [2.75, 3.05) is 18.4 Å². The molecule has 1 heterocycles. The van der Waals surface area contributed by atoms with Gasteiger partial charge in [-0.25, -0.2) is 4.79 Å². The molecule has 0 radical (unpaired) electrons. The molecule has 1 unspecified atom stereocenters. The lowest BCUT2D eigenvalue weighted by Crippen LogP contribution is -2.45. The molecule has 0 spiro atoms. The van der Waals surface area contributed by atoms with Gasteiger partial charge in [0.25, 0.3) is 0 Å². The molecule has 3 aromatic rings. The maximum Gasteiger partial charge on any atom is 0.322 e. The van der Waals surface area contributed by atoms with Gasteiger partial charge < -0.3 is 15.1 Å². The predicted molar refractivity (Wildman–Crippen MR) is 136 cm³/mol. The minimum Gasteiger partial charge on any atom is -0.332 e. The van der Waals surface area contributed by atoms with E-state index in [0.717, 1.165) is 16.9 Å². The van der Waals surface area contributed by atoms with Gasteiger partial charge in [-0.1, -0.05) is 62.7 Å². The molecule has 0 bridgehead atoms. The first-order chi connectivity index (χ1) is 16.5. The molecular formula is C27H30N4O2S. The van der Waals surface area contributed by atoms with E-state index in [2.05, 4.69) is 25.2 Å². The summed E-state index contributed by atoms with van der Waals surface area (Å²) in [6, 6.07) is 22.4. The van der Waals surface area contributed by atoms with E-state index in [4.69, 9.17) is 5.26 Å². The number of hydrogen-bond donors (Lipinski definition) is 1. The molecule has 0 aliphatic rings. The van der Waals surface area contributed by atoms with Crippen molar-refractivity contribution in [1.82, 2.24) is 9.80 Å². The van der Waals surface area contributed by atoms with Gasteiger partial charge in [-0.3, -0.25) is 4.79 Å². The third-order valence-corrected chi connectivity index (χ3v) is 6.44. The van der Waals surface area contributed by atoms with Crippen molar-refractivity contribution < 1.29 is 9.59 Å². The number of nitrogens with one attached hydrogen (secondary N) is 1. The Morgan fingerprint density at radius 3 is 2.50 bits per heavy atom. The molecule has 3 amide bonds. The summed E-state index contributed by atoms with van der Waals surface area (Å²) in [5, 5.41) is 14.0. The second-order valence-corrected chi connectivity index (χ2v) is 9.36. The third kappa shape index (κ3) is 7.46. The van der Waals surface area contributed by atoms with Crippen molar-refractivity contribution in [3.05, 3.63) is 88.1 Å². The highest BCUT2D eigenvalue weighted by Crippen LogP contribution is 2.17. The van der Waals surface area contributed by atoms with Crippen LogP contribution in [0.3, 0.4) is 0 Å². The molecule has 176 valence electrons. The highest BCUT2D eigenvalue weighted by molar-refractivity contribution is 7.09. The molecule has 0 saturated carbocycles. The summed E-state index contributed by atoms with van der Waals surface area (Å²) in [6.45, 7) is 5.54. The van der Waals surface area contributed by atoms with E-state index in [1.54, 1.807) is 45.4 Å². The Labute approximate surface area is 205 Å². The van der Waals surface area contributed by atoms with Crippen LogP contribution in [-0.4, -0.2) is 34.8 Å². The van der Waals surface area contributed by atoms with Gasteiger partial charge in [0.1, 0.15) is 6.54 Å². The van der Waals surface area contributed by atoms with Gasteiger partial charge >= 0.3 is 6.03 Å². The number of benzene rings is 2. The van der Waals surface area contributed by atoms with Crippen LogP contribution in [0.25, 0.3) is 0 Å². The lowest BCUT2D eigenvalue weighted by atomic mass is 10.1. The average Bonchev–Trinajstić information content (AvgIpc) is 3.37. The molecule has 6 nitrogen and oxygen atoms in total. The molecule has 0 aliphatic heterocycles. The lowest BCUT2D eigenvalue weighted by Gasteiger charge is -2.29. The van der Waals surface area contributed by atoms with Gasteiger partial charge in [-0.2, -0.15) is 5.26 Å². The van der Waals surface area contributed by atoms with Crippen molar-refractivity contribution in [3.63, 3.8) is 0 Å². The normalized spacial score (nSPS) is 11.3. The second-order valence-electron chi connectivity index (χ2n) is 8.33. The molecule has 0 aliphatic carbocycles. The quantitative estimate of drug-likeness (QED) is 0.408. The molecular weight excluding hydrogens is 444 g/mol. The van der Waals surface area contributed by atoms with Crippen LogP contribution in [0.2, 0.25) is 0 Å². The highest BCUT2D eigenvalue weighted by atomic mass is 32.1. The van der Waals surface area contributed by atoms with Crippen LogP contribution in [0, 0.1) is 17.2 Å². The van der Waals surface area contributed by atoms with Crippen LogP contribution in [0.4, 0.5) is 10.5 Å². The molecule has 7 heteroatoms. The summed E-state index contributed by atoms with van der Waals surface area (Å²) in [5.41, 5.74) is 2.04. The Kier molecular flexibility index (Phi) is 9.24. The van der Waals surface area contributed by atoms with Gasteiger partial charge in [0.2, 0.25) is 5.91 Å². The van der Waals surface area contributed by atoms with Crippen LogP contribution < -0.4 is 5.32 Å². The Bertz CT molecular complexity index is 1110. The van der Waals surface area contributed by atoms with E-state index >= 15 is 0 Å². The molecule has 0 saturated heterocycles. The molecule has 34 heavy (non-hydrogen) atoms. The molecule has 1 N–H and O–H groups in total. The fourth-order valence-electron chi connectivity index (χ4n) is 3.48. The Balaban J connectivity index is 1.77. The zero-order chi connectivity index (χ0) is 24.3. The maximum absolute atomic E-state index is 13.5.